The molecule has 0 amide bonds. The molecule has 2 heterocycles. The van der Waals surface area contributed by atoms with Crippen LogP contribution < -0.4 is 5.56 Å². The monoisotopic (exact) mass is 395 g/mol. The van der Waals surface area contributed by atoms with Crippen molar-refractivity contribution in [1.82, 2.24) is 9.55 Å². The van der Waals surface area contributed by atoms with Crippen molar-refractivity contribution in [3.8, 4) is 17.2 Å². The van der Waals surface area contributed by atoms with E-state index in [0.29, 0.717) is 10.2 Å². The van der Waals surface area contributed by atoms with Gasteiger partial charge in [0.15, 0.2) is 5.82 Å². The van der Waals surface area contributed by atoms with Crippen molar-refractivity contribution in [2.24, 2.45) is 5.41 Å². The second-order valence-corrected chi connectivity index (χ2v) is 8.53. The minimum Gasteiger partial charge on any atom is -0.457 e. The SMILES string of the molecule is CC(C)(C)CC(=O)OCc1nc2scc(-c3ccccc3)c2c(=O)n1CC#N. The number of nitriles is 1. The van der Waals surface area contributed by atoms with E-state index in [4.69, 9.17) is 10.00 Å². The molecule has 0 aliphatic rings. The Morgan fingerprint density at radius 2 is 2.00 bits per heavy atom. The quantitative estimate of drug-likeness (QED) is 0.607. The zero-order chi connectivity index (χ0) is 20.3. The maximum Gasteiger partial charge on any atom is 0.306 e. The third-order valence-corrected chi connectivity index (χ3v) is 5.00. The number of carbonyl (C=O) groups excluding carboxylic acids is 1. The van der Waals surface area contributed by atoms with Crippen LogP contribution in [0.3, 0.4) is 0 Å². The van der Waals surface area contributed by atoms with Crippen LogP contribution in [0.5, 0.6) is 0 Å². The Labute approximate surface area is 167 Å². The Hall–Kier alpha value is -2.98. The fourth-order valence-electron chi connectivity index (χ4n) is 2.87. The summed E-state index contributed by atoms with van der Waals surface area (Å²) in [6, 6.07) is 11.6. The van der Waals surface area contributed by atoms with Crippen LogP contribution in [0.2, 0.25) is 0 Å². The van der Waals surface area contributed by atoms with E-state index < -0.39 is 0 Å². The number of thiophene rings is 1. The molecule has 0 saturated carbocycles. The largest absolute Gasteiger partial charge is 0.457 e. The lowest BCUT2D eigenvalue weighted by atomic mass is 9.92. The molecule has 0 radical (unpaired) electrons. The first kappa shape index (κ1) is 19.8. The summed E-state index contributed by atoms with van der Waals surface area (Å²) in [4.78, 5) is 30.2. The predicted octanol–water partition coefficient (Wildman–Crippen LogP) is 4.13. The Balaban J connectivity index is 2.01. The number of benzene rings is 1. The van der Waals surface area contributed by atoms with Crippen molar-refractivity contribution in [2.45, 2.75) is 40.3 Å². The van der Waals surface area contributed by atoms with Gasteiger partial charge in [0.1, 0.15) is 18.0 Å². The van der Waals surface area contributed by atoms with E-state index in [1.54, 1.807) is 0 Å². The Bertz CT molecular complexity index is 1100. The molecular formula is C21H21N3O3S. The van der Waals surface area contributed by atoms with Crippen LogP contribution in [0.4, 0.5) is 0 Å². The van der Waals surface area contributed by atoms with Gasteiger partial charge in [-0.15, -0.1) is 11.3 Å². The molecular weight excluding hydrogens is 374 g/mol. The molecule has 3 rings (SSSR count). The van der Waals surface area contributed by atoms with Crippen LogP contribution in [0.25, 0.3) is 21.3 Å². The number of hydrogen-bond acceptors (Lipinski definition) is 6. The van der Waals surface area contributed by atoms with E-state index in [1.807, 2.05) is 62.6 Å². The van der Waals surface area contributed by atoms with Gasteiger partial charge in [-0.1, -0.05) is 51.1 Å². The number of aromatic nitrogens is 2. The number of carbonyl (C=O) groups is 1. The third-order valence-electron chi connectivity index (χ3n) is 4.12. The predicted molar refractivity (Wildman–Crippen MR) is 109 cm³/mol. The van der Waals surface area contributed by atoms with E-state index in [2.05, 4.69) is 4.98 Å². The van der Waals surface area contributed by atoms with Gasteiger partial charge in [-0.3, -0.25) is 14.2 Å². The summed E-state index contributed by atoms with van der Waals surface area (Å²) < 4.78 is 6.60. The van der Waals surface area contributed by atoms with Crippen LogP contribution in [-0.4, -0.2) is 15.5 Å². The highest BCUT2D eigenvalue weighted by Crippen LogP contribution is 2.31. The lowest BCUT2D eigenvalue weighted by Crippen LogP contribution is -2.26. The van der Waals surface area contributed by atoms with Gasteiger partial charge in [0.2, 0.25) is 0 Å². The Morgan fingerprint density at radius 3 is 2.64 bits per heavy atom. The van der Waals surface area contributed by atoms with Gasteiger partial charge in [-0.25, -0.2) is 4.98 Å². The second-order valence-electron chi connectivity index (χ2n) is 7.67. The highest BCUT2D eigenvalue weighted by Gasteiger charge is 2.20. The van der Waals surface area contributed by atoms with Crippen LogP contribution in [0.1, 0.15) is 33.0 Å². The van der Waals surface area contributed by atoms with Gasteiger partial charge >= 0.3 is 5.97 Å². The lowest BCUT2D eigenvalue weighted by Gasteiger charge is -2.17. The van der Waals surface area contributed by atoms with Crippen molar-refractivity contribution in [3.05, 3.63) is 51.9 Å². The molecule has 0 bridgehead atoms. The first-order valence-corrected chi connectivity index (χ1v) is 9.77. The minimum absolute atomic E-state index is 0.139. The Morgan fingerprint density at radius 1 is 1.29 bits per heavy atom. The molecule has 0 saturated heterocycles. The van der Waals surface area contributed by atoms with Gasteiger partial charge < -0.3 is 4.74 Å². The summed E-state index contributed by atoms with van der Waals surface area (Å²) >= 11 is 1.36. The molecule has 0 atom stereocenters. The molecule has 2 aromatic heterocycles. The van der Waals surface area contributed by atoms with Gasteiger partial charge in [-0.2, -0.15) is 5.26 Å². The molecule has 144 valence electrons. The van der Waals surface area contributed by atoms with E-state index in [-0.39, 0.29) is 42.3 Å². The summed E-state index contributed by atoms with van der Waals surface area (Å²) in [7, 11) is 0. The molecule has 0 unspecified atom stereocenters. The normalized spacial score (nSPS) is 11.4. The number of hydrogen-bond donors (Lipinski definition) is 0. The van der Waals surface area contributed by atoms with E-state index in [1.165, 1.54) is 15.9 Å². The minimum atomic E-state index is -0.360. The van der Waals surface area contributed by atoms with Gasteiger partial charge in [0, 0.05) is 10.9 Å². The van der Waals surface area contributed by atoms with Crippen molar-refractivity contribution in [1.29, 1.82) is 5.26 Å². The van der Waals surface area contributed by atoms with E-state index in [9.17, 15) is 9.59 Å². The Kier molecular flexibility index (Phi) is 5.61. The van der Waals surface area contributed by atoms with Gasteiger partial charge in [-0.05, 0) is 11.0 Å². The zero-order valence-corrected chi connectivity index (χ0v) is 16.9. The highest BCUT2D eigenvalue weighted by atomic mass is 32.1. The number of rotatable bonds is 5. The van der Waals surface area contributed by atoms with Crippen LogP contribution in [-0.2, 0) is 22.7 Å². The van der Waals surface area contributed by atoms with Gasteiger partial charge in [0.05, 0.1) is 17.9 Å². The number of esters is 1. The fraction of sp³-hybridized carbons (Fsp3) is 0.333. The fourth-order valence-corrected chi connectivity index (χ4v) is 3.83. The van der Waals surface area contributed by atoms with E-state index in [0.717, 1.165) is 11.1 Å². The van der Waals surface area contributed by atoms with Gasteiger partial charge in [0.25, 0.3) is 5.56 Å². The molecule has 6 nitrogen and oxygen atoms in total. The maximum absolute atomic E-state index is 13.1. The first-order chi connectivity index (χ1) is 13.3. The molecule has 0 aliphatic carbocycles. The first-order valence-electron chi connectivity index (χ1n) is 8.89. The van der Waals surface area contributed by atoms with Crippen LogP contribution in [0, 0.1) is 16.7 Å². The summed E-state index contributed by atoms with van der Waals surface area (Å²) in [5.41, 5.74) is 1.22. The molecule has 0 fully saturated rings. The smallest absolute Gasteiger partial charge is 0.306 e. The molecule has 28 heavy (non-hydrogen) atoms. The molecule has 7 heteroatoms. The summed E-state index contributed by atoms with van der Waals surface area (Å²) in [6.45, 7) is 5.54. The van der Waals surface area contributed by atoms with E-state index >= 15 is 0 Å². The number of nitrogens with zero attached hydrogens (tertiary/aromatic N) is 3. The molecule has 0 aliphatic heterocycles. The molecule has 3 aromatic rings. The molecule has 0 N–H and O–H groups in total. The number of fused-ring (bicyclic) bond motifs is 1. The number of ether oxygens (including phenoxy) is 1. The highest BCUT2D eigenvalue weighted by molar-refractivity contribution is 7.17. The molecule has 1 aromatic carbocycles. The average molecular weight is 395 g/mol. The second kappa shape index (κ2) is 7.95. The zero-order valence-electron chi connectivity index (χ0n) is 16.1. The molecule has 0 spiro atoms. The van der Waals surface area contributed by atoms with Crippen LogP contribution in [0.15, 0.2) is 40.5 Å². The summed E-state index contributed by atoms with van der Waals surface area (Å²) in [5.74, 6) is -0.0794. The summed E-state index contributed by atoms with van der Waals surface area (Å²) in [5, 5.41) is 11.5. The van der Waals surface area contributed by atoms with Crippen molar-refractivity contribution < 1.29 is 9.53 Å². The standard InChI is InChI=1S/C21H21N3O3S/c1-21(2,3)11-17(25)27-12-16-23-19-18(20(26)24(16)10-9-22)15(13-28-19)14-7-5-4-6-8-14/h4-8,13H,10-12H2,1-3H3. The third kappa shape index (κ3) is 4.29. The summed E-state index contributed by atoms with van der Waals surface area (Å²) in [6.07, 6.45) is 0.259. The average Bonchev–Trinajstić information content (AvgIpc) is 3.06. The van der Waals surface area contributed by atoms with Crippen molar-refractivity contribution in [2.75, 3.05) is 0 Å². The van der Waals surface area contributed by atoms with Crippen LogP contribution >= 0.6 is 11.3 Å². The maximum atomic E-state index is 13.1. The topological polar surface area (TPSA) is 85.0 Å². The van der Waals surface area contributed by atoms with Crippen molar-refractivity contribution in [3.63, 3.8) is 0 Å². The van der Waals surface area contributed by atoms with Crippen molar-refractivity contribution >= 4 is 27.5 Å². The lowest BCUT2D eigenvalue weighted by molar-refractivity contribution is -0.147.